The summed E-state index contributed by atoms with van der Waals surface area (Å²) in [5, 5.41) is 0. The quantitative estimate of drug-likeness (QED) is 0.727. The van der Waals surface area contributed by atoms with E-state index in [1.54, 1.807) is 0 Å². The average molecular weight is 241 g/mol. The molecule has 2 fully saturated rings. The largest absolute Gasteiger partial charge is 0.350 e. The number of hydrogen-bond donors (Lipinski definition) is 1. The Kier molecular flexibility index (Phi) is 4.45. The van der Waals surface area contributed by atoms with Crippen LogP contribution < -0.4 is 5.73 Å². The molecule has 2 aliphatic rings. The third-order valence-electron chi connectivity index (χ3n) is 4.00. The molecule has 2 rings (SSSR count). The van der Waals surface area contributed by atoms with Crippen LogP contribution in [0.5, 0.6) is 0 Å². The fourth-order valence-corrected chi connectivity index (χ4v) is 3.02. The summed E-state index contributed by atoms with van der Waals surface area (Å²) >= 11 is 0. The molecule has 3 heteroatoms. The molecule has 1 saturated heterocycles. The van der Waals surface area contributed by atoms with Crippen molar-refractivity contribution in [3.8, 4) is 0 Å². The van der Waals surface area contributed by atoms with Gasteiger partial charge in [-0.2, -0.15) is 0 Å². The first-order valence-electron chi connectivity index (χ1n) is 7.16. The minimum atomic E-state index is 0.0748. The van der Waals surface area contributed by atoms with Gasteiger partial charge in [0, 0.05) is 12.1 Å². The van der Waals surface area contributed by atoms with Crippen LogP contribution in [-0.4, -0.2) is 24.5 Å². The summed E-state index contributed by atoms with van der Waals surface area (Å²) < 4.78 is 11.1. The van der Waals surface area contributed by atoms with Gasteiger partial charge in [-0.3, -0.25) is 0 Å². The van der Waals surface area contributed by atoms with E-state index in [2.05, 4.69) is 13.8 Å². The number of rotatable bonds is 6. The normalized spacial score (nSPS) is 41.5. The molecule has 1 aliphatic heterocycles. The number of hydrogen-bond acceptors (Lipinski definition) is 3. The van der Waals surface area contributed by atoms with Crippen LogP contribution in [0.2, 0.25) is 0 Å². The van der Waals surface area contributed by atoms with Crippen molar-refractivity contribution in [2.24, 2.45) is 11.7 Å². The molecule has 2 unspecified atom stereocenters. The molecular weight excluding hydrogens is 214 g/mol. The maximum atomic E-state index is 6.23. The maximum Gasteiger partial charge on any atom is 0.184 e. The van der Waals surface area contributed by atoms with Gasteiger partial charge >= 0.3 is 0 Å². The summed E-state index contributed by atoms with van der Waals surface area (Å²) in [7, 11) is 0. The third-order valence-corrected chi connectivity index (χ3v) is 4.00. The van der Waals surface area contributed by atoms with Crippen LogP contribution in [0, 0.1) is 5.92 Å². The Morgan fingerprint density at radius 1 is 1.41 bits per heavy atom. The highest BCUT2D eigenvalue weighted by molar-refractivity contribution is 4.87. The summed E-state index contributed by atoms with van der Waals surface area (Å²) in [6.45, 7) is 5.15. The van der Waals surface area contributed by atoms with Crippen LogP contribution in [0.1, 0.15) is 58.8 Å². The van der Waals surface area contributed by atoms with Crippen LogP contribution in [-0.2, 0) is 9.47 Å². The molecule has 1 saturated carbocycles. The monoisotopic (exact) mass is 241 g/mol. The van der Waals surface area contributed by atoms with Crippen molar-refractivity contribution < 1.29 is 9.47 Å². The Morgan fingerprint density at radius 3 is 2.94 bits per heavy atom. The van der Waals surface area contributed by atoms with E-state index in [0.29, 0.717) is 6.10 Å². The van der Waals surface area contributed by atoms with Crippen LogP contribution >= 0.6 is 0 Å². The first-order valence-corrected chi connectivity index (χ1v) is 7.16. The lowest BCUT2D eigenvalue weighted by Gasteiger charge is -2.35. The number of ether oxygens (including phenoxy) is 2. The van der Waals surface area contributed by atoms with Crippen LogP contribution in [0.25, 0.3) is 0 Å². The Balaban J connectivity index is 1.60. The fraction of sp³-hybridized carbons (Fsp3) is 1.00. The van der Waals surface area contributed by atoms with E-state index in [-0.39, 0.29) is 11.8 Å². The molecule has 1 heterocycles. The van der Waals surface area contributed by atoms with E-state index in [1.165, 1.54) is 32.1 Å². The van der Waals surface area contributed by atoms with E-state index in [0.717, 1.165) is 25.4 Å². The van der Waals surface area contributed by atoms with Gasteiger partial charge in [0.05, 0.1) is 0 Å². The molecule has 0 bridgehead atoms. The highest BCUT2D eigenvalue weighted by atomic mass is 16.8. The second-order valence-electron chi connectivity index (χ2n) is 6.11. The molecule has 4 atom stereocenters. The fourth-order valence-electron chi connectivity index (χ4n) is 3.02. The molecule has 2 N–H and O–H groups in total. The van der Waals surface area contributed by atoms with Gasteiger partial charge in [-0.15, -0.1) is 0 Å². The van der Waals surface area contributed by atoms with Gasteiger partial charge in [0.2, 0.25) is 0 Å². The SMILES string of the molecule is CCCOC1O[C@@H]1CCC1CCC[C@@](C)(N)C1. The van der Waals surface area contributed by atoms with Crippen molar-refractivity contribution in [3.63, 3.8) is 0 Å². The molecule has 0 spiro atoms. The van der Waals surface area contributed by atoms with Gasteiger partial charge in [0.15, 0.2) is 6.29 Å². The van der Waals surface area contributed by atoms with E-state index < -0.39 is 0 Å². The zero-order valence-corrected chi connectivity index (χ0v) is 11.3. The van der Waals surface area contributed by atoms with Gasteiger partial charge in [-0.1, -0.05) is 19.8 Å². The number of epoxide rings is 1. The van der Waals surface area contributed by atoms with Crippen molar-refractivity contribution in [1.29, 1.82) is 0 Å². The Bertz CT molecular complexity index is 242. The van der Waals surface area contributed by atoms with Gasteiger partial charge in [-0.05, 0) is 44.9 Å². The van der Waals surface area contributed by atoms with Crippen LogP contribution in [0.4, 0.5) is 0 Å². The number of nitrogens with two attached hydrogens (primary N) is 1. The Hall–Kier alpha value is -0.120. The molecule has 0 radical (unpaired) electrons. The molecule has 0 aromatic rings. The van der Waals surface area contributed by atoms with Crippen molar-refractivity contribution in [1.82, 2.24) is 0 Å². The van der Waals surface area contributed by atoms with E-state index in [9.17, 15) is 0 Å². The molecule has 1 aliphatic carbocycles. The summed E-state index contributed by atoms with van der Waals surface area (Å²) in [6, 6.07) is 0. The van der Waals surface area contributed by atoms with Gasteiger partial charge in [-0.25, -0.2) is 0 Å². The smallest absolute Gasteiger partial charge is 0.184 e. The zero-order valence-electron chi connectivity index (χ0n) is 11.3. The van der Waals surface area contributed by atoms with Crippen LogP contribution in [0.15, 0.2) is 0 Å². The van der Waals surface area contributed by atoms with Crippen molar-refractivity contribution >= 4 is 0 Å². The van der Waals surface area contributed by atoms with Gasteiger partial charge < -0.3 is 15.2 Å². The Morgan fingerprint density at radius 2 is 2.24 bits per heavy atom. The topological polar surface area (TPSA) is 47.8 Å². The standard InChI is InChI=1S/C14H27NO2/c1-3-9-16-13-12(17-13)7-6-11-5-4-8-14(2,15)10-11/h11-13H,3-10,15H2,1-2H3/t11?,12-,13?,14-/m1/s1. The highest BCUT2D eigenvalue weighted by Gasteiger charge is 2.40. The van der Waals surface area contributed by atoms with Crippen molar-refractivity contribution in [3.05, 3.63) is 0 Å². The second kappa shape index (κ2) is 5.68. The molecular formula is C14H27NO2. The molecule has 0 amide bonds. The zero-order chi connectivity index (χ0) is 12.3. The van der Waals surface area contributed by atoms with Gasteiger partial charge in [0.25, 0.3) is 0 Å². The summed E-state index contributed by atoms with van der Waals surface area (Å²) in [5.74, 6) is 0.801. The molecule has 0 aromatic carbocycles. The van der Waals surface area contributed by atoms with Crippen LogP contribution in [0.3, 0.4) is 0 Å². The van der Waals surface area contributed by atoms with Crippen molar-refractivity contribution in [2.75, 3.05) is 6.61 Å². The van der Waals surface area contributed by atoms with Crippen molar-refractivity contribution in [2.45, 2.75) is 76.7 Å². The average Bonchev–Trinajstić information content (AvgIpc) is 3.01. The molecule has 0 aromatic heterocycles. The maximum absolute atomic E-state index is 6.23. The van der Waals surface area contributed by atoms with E-state index >= 15 is 0 Å². The first-order chi connectivity index (χ1) is 8.11. The predicted molar refractivity (Wildman–Crippen MR) is 68.7 cm³/mol. The van der Waals surface area contributed by atoms with E-state index in [4.69, 9.17) is 15.2 Å². The summed E-state index contributed by atoms with van der Waals surface area (Å²) in [4.78, 5) is 0. The predicted octanol–water partition coefficient (Wildman–Crippen LogP) is 2.83. The Labute approximate surface area is 105 Å². The van der Waals surface area contributed by atoms with E-state index in [1.807, 2.05) is 0 Å². The lowest BCUT2D eigenvalue weighted by atomic mass is 9.76. The molecule has 100 valence electrons. The third kappa shape index (κ3) is 4.23. The lowest BCUT2D eigenvalue weighted by molar-refractivity contribution is 0.0507. The first kappa shape index (κ1) is 13.3. The second-order valence-corrected chi connectivity index (χ2v) is 6.11. The minimum Gasteiger partial charge on any atom is -0.350 e. The highest BCUT2D eigenvalue weighted by Crippen LogP contribution is 2.36. The molecule has 3 nitrogen and oxygen atoms in total. The summed E-state index contributed by atoms with van der Waals surface area (Å²) in [6.07, 6.45) is 8.94. The lowest BCUT2D eigenvalue weighted by Crippen LogP contribution is -2.41. The van der Waals surface area contributed by atoms with Gasteiger partial charge in [0.1, 0.15) is 6.10 Å². The molecule has 17 heavy (non-hydrogen) atoms. The minimum absolute atomic E-state index is 0.0748. The summed E-state index contributed by atoms with van der Waals surface area (Å²) in [5.41, 5.74) is 6.30.